The van der Waals surface area contributed by atoms with Crippen molar-refractivity contribution in [3.63, 3.8) is 0 Å². The van der Waals surface area contributed by atoms with E-state index in [1.54, 1.807) is 13.3 Å². The molecule has 15 nitrogen and oxygen atoms in total. The predicted octanol–water partition coefficient (Wildman–Crippen LogP) is 3.77. The molecule has 0 unspecified atom stereocenters. The summed E-state index contributed by atoms with van der Waals surface area (Å²) < 4.78 is 12.9. The maximum atomic E-state index is 11.0. The summed E-state index contributed by atoms with van der Waals surface area (Å²) in [6.07, 6.45) is 5.52. The number of aliphatic carboxylic acids is 4. The molecule has 0 bridgehead atoms. The first-order valence-corrected chi connectivity index (χ1v) is 15.6. The molecule has 4 aromatic rings. The Bertz CT molecular complexity index is 1860. The highest BCUT2D eigenvalue weighted by atomic mass is 32.1. The lowest BCUT2D eigenvalue weighted by atomic mass is 10.0. The molecule has 2 aromatic carbocycles. The number of benzene rings is 2. The maximum absolute atomic E-state index is 11.0. The maximum Gasteiger partial charge on any atom is 0.328 e. The zero-order chi connectivity index (χ0) is 36.8. The van der Waals surface area contributed by atoms with Crippen molar-refractivity contribution in [3.8, 4) is 5.75 Å². The molecule has 1 saturated heterocycles. The number of aliphatic hydroxyl groups is 1. The van der Waals surface area contributed by atoms with Crippen LogP contribution in [0.2, 0.25) is 0 Å². The van der Waals surface area contributed by atoms with Crippen molar-refractivity contribution >= 4 is 58.1 Å². The average molecular weight is 711 g/mol. The van der Waals surface area contributed by atoms with Crippen LogP contribution in [0.25, 0.3) is 22.0 Å². The molecule has 0 amide bonds. The van der Waals surface area contributed by atoms with Gasteiger partial charge in [-0.15, -0.1) is 0 Å². The molecule has 5 rings (SSSR count). The summed E-state index contributed by atoms with van der Waals surface area (Å²) in [5.74, 6) is -4.26. The lowest BCUT2D eigenvalue weighted by Crippen LogP contribution is -2.43. The zero-order valence-corrected chi connectivity index (χ0v) is 28.1. The molecule has 50 heavy (non-hydrogen) atoms. The van der Waals surface area contributed by atoms with Crippen LogP contribution < -0.4 is 10.1 Å². The lowest BCUT2D eigenvalue weighted by molar-refractivity contribution is -0.134. The second-order valence-corrected chi connectivity index (χ2v) is 11.4. The van der Waals surface area contributed by atoms with Gasteiger partial charge in [0.2, 0.25) is 0 Å². The number of carboxylic acid groups (broad SMARTS) is 4. The Balaban J connectivity index is 0.000000352. The Labute approximate surface area is 291 Å². The number of ether oxygens (including phenoxy) is 1. The van der Waals surface area contributed by atoms with Crippen LogP contribution in [0.3, 0.4) is 0 Å². The second-order valence-electron chi connectivity index (χ2n) is 11.0. The largest absolute Gasteiger partial charge is 0.497 e. The first-order valence-electron chi connectivity index (χ1n) is 15.2. The topological polar surface area (TPSA) is 225 Å². The van der Waals surface area contributed by atoms with Gasteiger partial charge in [0.15, 0.2) is 5.58 Å². The van der Waals surface area contributed by atoms with Crippen LogP contribution in [0.1, 0.15) is 30.1 Å². The van der Waals surface area contributed by atoms with Gasteiger partial charge in [-0.25, -0.2) is 19.2 Å². The third-order valence-electron chi connectivity index (χ3n) is 7.55. The minimum Gasteiger partial charge on any atom is -0.497 e. The van der Waals surface area contributed by atoms with Gasteiger partial charge in [-0.05, 0) is 85.7 Å². The molecule has 16 heteroatoms. The number of aromatic nitrogens is 2. The predicted molar refractivity (Wildman–Crippen MR) is 184 cm³/mol. The molecule has 266 valence electrons. The summed E-state index contributed by atoms with van der Waals surface area (Å²) in [6.45, 7) is 3.31. The van der Waals surface area contributed by atoms with Gasteiger partial charge in [-0.3, -0.25) is 4.98 Å². The lowest BCUT2D eigenvalue weighted by Gasteiger charge is -2.33. The van der Waals surface area contributed by atoms with Crippen molar-refractivity contribution in [2.24, 2.45) is 7.05 Å². The monoisotopic (exact) mass is 710 g/mol. The Morgan fingerprint density at radius 3 is 2.12 bits per heavy atom. The van der Waals surface area contributed by atoms with Crippen molar-refractivity contribution < 1.29 is 53.9 Å². The molecular formula is C34H38N4O11S. The average Bonchev–Trinajstić information content (AvgIpc) is 3.37. The Kier molecular flexibility index (Phi) is 14.8. The van der Waals surface area contributed by atoms with E-state index in [1.165, 1.54) is 5.56 Å². The summed E-state index contributed by atoms with van der Waals surface area (Å²) in [4.78, 5) is 45.5. The number of likely N-dealkylation sites (tertiary alicyclic amines) is 1. The summed E-state index contributed by atoms with van der Waals surface area (Å²) in [5, 5.41) is 46.9. The van der Waals surface area contributed by atoms with Gasteiger partial charge in [-0.1, -0.05) is 6.07 Å². The van der Waals surface area contributed by atoms with Crippen LogP contribution in [-0.2, 0) is 32.8 Å². The number of aryl methyl sites for hydroxylation is 1. The molecule has 1 aliphatic rings. The fraction of sp³-hybridized carbons (Fsp3) is 0.294. The van der Waals surface area contributed by atoms with E-state index in [9.17, 15) is 24.3 Å². The summed E-state index contributed by atoms with van der Waals surface area (Å²) in [7, 11) is 3.57. The van der Waals surface area contributed by atoms with Gasteiger partial charge in [0.1, 0.15) is 5.75 Å². The number of aliphatic hydroxyl groups excluding tert-OH is 1. The van der Waals surface area contributed by atoms with Crippen LogP contribution in [0, 0.1) is 4.84 Å². The minimum absolute atomic E-state index is 0.456. The smallest absolute Gasteiger partial charge is 0.328 e. The SMILES string of the molecule is COc1ccc2nccc([C@@H](O)CN3CCC(NCc4ccc5c(c4)oc(=S)n5C)CC3)c2c1.O=C(O)/C=C/C(=O)O.O=C(O)/C=C/C(=O)O. The highest BCUT2D eigenvalue weighted by Gasteiger charge is 2.22. The molecule has 0 spiro atoms. The van der Waals surface area contributed by atoms with Crippen LogP contribution in [0.4, 0.5) is 0 Å². The first-order chi connectivity index (χ1) is 23.8. The van der Waals surface area contributed by atoms with Crippen LogP contribution in [-0.4, -0.2) is 96.6 Å². The zero-order valence-electron chi connectivity index (χ0n) is 27.3. The molecule has 2 aromatic heterocycles. The second kappa shape index (κ2) is 18.9. The molecule has 1 atom stereocenters. The first kappa shape index (κ1) is 39.0. The number of nitrogens with one attached hydrogen (secondary N) is 1. The normalized spacial score (nSPS) is 14.1. The number of oxazole rings is 1. The van der Waals surface area contributed by atoms with Crippen LogP contribution in [0.15, 0.2) is 77.4 Å². The third kappa shape index (κ3) is 12.2. The Hall–Kier alpha value is -5.42. The van der Waals surface area contributed by atoms with Crippen LogP contribution >= 0.6 is 12.2 Å². The standard InChI is InChI=1S/C26H30N4O3S.2C4H4O4/c1-29-23-6-3-17(13-25(23)33-26(29)34)15-28-18-8-11-30(12-9-18)16-24(31)20-7-10-27-22-5-4-19(32-2)14-21(20)22;2*5-3(6)1-2-4(7)8/h3-7,10,13-14,18,24,28,31H,8-9,11-12,15-16H2,1-2H3;2*1-2H,(H,5,6)(H,7,8)/b;2*2-1+/t24-;;/m0../s1. The Morgan fingerprint density at radius 2 is 1.56 bits per heavy atom. The van der Waals surface area contributed by atoms with Crippen LogP contribution in [0.5, 0.6) is 5.75 Å². The van der Waals surface area contributed by atoms with E-state index in [-0.39, 0.29) is 0 Å². The molecule has 0 aliphatic carbocycles. The van der Waals surface area contributed by atoms with Crippen molar-refractivity contribution in [2.75, 3.05) is 26.7 Å². The summed E-state index contributed by atoms with van der Waals surface area (Å²) in [6, 6.07) is 14.4. The molecule has 1 aliphatic heterocycles. The number of nitrogens with zero attached hydrogens (tertiary/aromatic N) is 3. The molecule has 6 N–H and O–H groups in total. The van der Waals surface area contributed by atoms with E-state index < -0.39 is 30.0 Å². The molecule has 0 radical (unpaired) electrons. The van der Waals surface area contributed by atoms with Gasteiger partial charge in [0, 0.05) is 62.1 Å². The highest BCUT2D eigenvalue weighted by Crippen LogP contribution is 2.28. The third-order valence-corrected chi connectivity index (χ3v) is 7.91. The van der Waals surface area contributed by atoms with E-state index in [0.717, 1.165) is 65.8 Å². The van der Waals surface area contributed by atoms with Crippen molar-refractivity contribution in [2.45, 2.75) is 31.5 Å². The number of hydrogen-bond donors (Lipinski definition) is 6. The quantitative estimate of drug-likeness (QED) is 0.0963. The number of fused-ring (bicyclic) bond motifs is 2. The van der Waals surface area contributed by atoms with E-state index in [2.05, 4.69) is 33.4 Å². The fourth-order valence-corrected chi connectivity index (χ4v) is 5.25. The van der Waals surface area contributed by atoms with Gasteiger partial charge in [-0.2, -0.15) is 0 Å². The molecule has 0 saturated carbocycles. The molecular weight excluding hydrogens is 672 g/mol. The highest BCUT2D eigenvalue weighted by molar-refractivity contribution is 7.71. The number of hydrogen-bond acceptors (Lipinski definition) is 11. The van der Waals surface area contributed by atoms with Crippen molar-refractivity contribution in [3.05, 3.63) is 88.9 Å². The number of pyridine rings is 1. The van der Waals surface area contributed by atoms with Crippen molar-refractivity contribution in [1.82, 2.24) is 19.8 Å². The summed E-state index contributed by atoms with van der Waals surface area (Å²) in [5.41, 5.74) is 4.80. The summed E-state index contributed by atoms with van der Waals surface area (Å²) >= 11 is 5.22. The van der Waals surface area contributed by atoms with E-state index in [1.807, 2.05) is 35.9 Å². The van der Waals surface area contributed by atoms with E-state index >= 15 is 0 Å². The fourth-order valence-electron chi connectivity index (χ4n) is 5.06. The van der Waals surface area contributed by atoms with Gasteiger partial charge < -0.3 is 49.5 Å². The van der Waals surface area contributed by atoms with E-state index in [0.29, 0.717) is 41.7 Å². The number of carbonyl (C=O) groups is 4. The molecule has 3 heterocycles. The molecule has 1 fully saturated rings. The van der Waals surface area contributed by atoms with Gasteiger partial charge in [0.05, 0.1) is 24.2 Å². The number of methoxy groups -OCH3 is 1. The van der Waals surface area contributed by atoms with Crippen molar-refractivity contribution in [1.29, 1.82) is 0 Å². The van der Waals surface area contributed by atoms with E-state index in [4.69, 9.17) is 41.8 Å². The number of piperidine rings is 1. The Morgan fingerprint density at radius 1 is 0.960 bits per heavy atom. The van der Waals surface area contributed by atoms with Gasteiger partial charge >= 0.3 is 23.9 Å². The number of carboxylic acids is 4. The number of rotatable bonds is 11. The minimum atomic E-state index is -1.26. The number of β-amino-alcohol motifs (C(OH)–C–C–N with tert-alkyl or cyclic N) is 1. The van der Waals surface area contributed by atoms with Gasteiger partial charge in [0.25, 0.3) is 4.84 Å².